The predicted octanol–water partition coefficient (Wildman–Crippen LogP) is 4.12. The van der Waals surface area contributed by atoms with E-state index in [1.165, 1.54) is 6.21 Å². The molecule has 0 spiro atoms. The van der Waals surface area contributed by atoms with Gasteiger partial charge in [0.25, 0.3) is 5.91 Å². The van der Waals surface area contributed by atoms with E-state index in [-0.39, 0.29) is 18.6 Å². The minimum absolute atomic E-state index is 0.00799. The van der Waals surface area contributed by atoms with Gasteiger partial charge in [-0.05, 0) is 43.2 Å². The molecule has 0 fully saturated rings. The number of hydrazone groups is 1. The highest BCUT2D eigenvalue weighted by Crippen LogP contribution is 2.37. The minimum atomic E-state index is -0.378. The van der Waals surface area contributed by atoms with Gasteiger partial charge in [0.2, 0.25) is 0 Å². The van der Waals surface area contributed by atoms with Gasteiger partial charge in [-0.1, -0.05) is 24.6 Å². The van der Waals surface area contributed by atoms with E-state index in [4.69, 9.17) is 25.8 Å². The van der Waals surface area contributed by atoms with Crippen molar-refractivity contribution >= 4 is 29.4 Å². The van der Waals surface area contributed by atoms with Crippen LogP contribution in [0, 0.1) is 0 Å². The number of amides is 1. The molecule has 0 bridgehead atoms. The fraction of sp³-hybridized carbons (Fsp3) is 0.364. The van der Waals surface area contributed by atoms with Crippen molar-refractivity contribution in [1.82, 2.24) is 5.43 Å². The van der Waals surface area contributed by atoms with Gasteiger partial charge in [0.15, 0.2) is 18.1 Å². The van der Waals surface area contributed by atoms with Crippen LogP contribution in [0.5, 0.6) is 17.2 Å². The van der Waals surface area contributed by atoms with Crippen molar-refractivity contribution in [3.63, 3.8) is 0 Å². The summed E-state index contributed by atoms with van der Waals surface area (Å²) >= 11 is 6.33. The number of methoxy groups -OCH3 is 1. The molecule has 0 aromatic heterocycles. The van der Waals surface area contributed by atoms with E-state index >= 15 is 0 Å². The summed E-state index contributed by atoms with van der Waals surface area (Å²) in [4.78, 5) is 13.9. The molecule has 0 aliphatic heterocycles. The van der Waals surface area contributed by atoms with Gasteiger partial charge in [-0.3, -0.25) is 4.79 Å². The third kappa shape index (κ3) is 6.84. The number of hydrogen-bond donors (Lipinski definition) is 1. The Balaban J connectivity index is 1.95. The van der Waals surface area contributed by atoms with Crippen LogP contribution in [-0.2, 0) is 4.79 Å². The van der Waals surface area contributed by atoms with E-state index in [1.54, 1.807) is 25.3 Å². The Morgan fingerprint density at radius 3 is 2.73 bits per heavy atom. The number of carbonyl (C=O) groups is 1. The Morgan fingerprint density at radius 2 is 2.07 bits per heavy atom. The molecule has 0 saturated carbocycles. The largest absolute Gasteiger partial charge is 0.493 e. The lowest BCUT2D eigenvalue weighted by atomic mass is 10.2. The maximum absolute atomic E-state index is 12.0. The molecule has 1 amide bonds. The van der Waals surface area contributed by atoms with Gasteiger partial charge in [-0.25, -0.2) is 5.43 Å². The summed E-state index contributed by atoms with van der Waals surface area (Å²) < 4.78 is 16.7. The number of nitrogens with zero attached hydrogens (tertiary/aromatic N) is 2. The SMILES string of the molecule is CC[C@H](C)Oc1c(Cl)cc(/C=N/NC(=O)COc2cccc(N(C)C)c2)cc1OC. The molecule has 7 nitrogen and oxygen atoms in total. The first kappa shape index (κ1) is 23.3. The molecular formula is C22H28ClN3O4. The van der Waals surface area contributed by atoms with Crippen LogP contribution >= 0.6 is 11.6 Å². The van der Waals surface area contributed by atoms with Crippen LogP contribution in [0.4, 0.5) is 5.69 Å². The molecule has 1 N–H and O–H groups in total. The van der Waals surface area contributed by atoms with Crippen molar-refractivity contribution in [2.75, 3.05) is 32.7 Å². The molecule has 2 aromatic rings. The molecule has 162 valence electrons. The zero-order valence-electron chi connectivity index (χ0n) is 17.9. The topological polar surface area (TPSA) is 72.4 Å². The highest BCUT2D eigenvalue weighted by Gasteiger charge is 2.14. The second kappa shape index (κ2) is 11.3. The molecule has 0 saturated heterocycles. The van der Waals surface area contributed by atoms with Crippen LogP contribution in [0.3, 0.4) is 0 Å². The summed E-state index contributed by atoms with van der Waals surface area (Å²) in [5, 5.41) is 4.36. The molecule has 0 aliphatic carbocycles. The van der Waals surface area contributed by atoms with Crippen molar-refractivity contribution in [2.24, 2.45) is 5.10 Å². The first-order valence-corrected chi connectivity index (χ1v) is 9.98. The molecule has 0 unspecified atom stereocenters. The van der Waals surface area contributed by atoms with Gasteiger partial charge in [-0.2, -0.15) is 5.10 Å². The first-order valence-electron chi connectivity index (χ1n) is 9.60. The molecule has 2 rings (SSSR count). The van der Waals surface area contributed by atoms with Gasteiger partial charge >= 0.3 is 0 Å². The first-order chi connectivity index (χ1) is 14.3. The van der Waals surface area contributed by atoms with Crippen molar-refractivity contribution in [2.45, 2.75) is 26.4 Å². The van der Waals surface area contributed by atoms with E-state index < -0.39 is 0 Å². The minimum Gasteiger partial charge on any atom is -0.493 e. The van der Waals surface area contributed by atoms with Gasteiger partial charge in [0, 0.05) is 25.8 Å². The maximum Gasteiger partial charge on any atom is 0.277 e. The van der Waals surface area contributed by atoms with Crippen LogP contribution in [-0.4, -0.2) is 46.0 Å². The highest BCUT2D eigenvalue weighted by molar-refractivity contribution is 6.32. The summed E-state index contributed by atoms with van der Waals surface area (Å²) in [5.74, 6) is 1.22. The van der Waals surface area contributed by atoms with Gasteiger partial charge < -0.3 is 19.1 Å². The van der Waals surface area contributed by atoms with Crippen molar-refractivity contribution in [3.8, 4) is 17.2 Å². The molecule has 1 atom stereocenters. The molecule has 0 aliphatic rings. The average Bonchev–Trinajstić information content (AvgIpc) is 2.73. The average molecular weight is 434 g/mol. The van der Waals surface area contributed by atoms with Crippen molar-refractivity contribution < 1.29 is 19.0 Å². The third-order valence-corrected chi connectivity index (χ3v) is 4.53. The number of anilines is 1. The number of halogens is 1. The fourth-order valence-corrected chi connectivity index (χ4v) is 2.69. The quantitative estimate of drug-likeness (QED) is 0.450. The molecule has 8 heteroatoms. The van der Waals surface area contributed by atoms with Crippen LogP contribution in [0.2, 0.25) is 5.02 Å². The third-order valence-electron chi connectivity index (χ3n) is 4.25. The van der Waals surface area contributed by atoms with E-state index in [0.29, 0.717) is 27.8 Å². The van der Waals surface area contributed by atoms with Gasteiger partial charge in [0.05, 0.1) is 24.5 Å². The monoisotopic (exact) mass is 433 g/mol. The van der Waals surface area contributed by atoms with Gasteiger partial charge in [0.1, 0.15) is 5.75 Å². The lowest BCUT2D eigenvalue weighted by Gasteiger charge is -2.17. The van der Waals surface area contributed by atoms with E-state index in [1.807, 2.05) is 51.0 Å². The predicted molar refractivity (Wildman–Crippen MR) is 120 cm³/mol. The summed E-state index contributed by atoms with van der Waals surface area (Å²) in [7, 11) is 5.41. The van der Waals surface area contributed by atoms with Crippen molar-refractivity contribution in [1.29, 1.82) is 0 Å². The number of nitrogens with one attached hydrogen (secondary N) is 1. The lowest BCUT2D eigenvalue weighted by Crippen LogP contribution is -2.24. The summed E-state index contributed by atoms with van der Waals surface area (Å²) in [6.07, 6.45) is 2.33. The summed E-state index contributed by atoms with van der Waals surface area (Å²) in [6, 6.07) is 10.9. The zero-order chi connectivity index (χ0) is 22.1. The van der Waals surface area contributed by atoms with Crippen LogP contribution in [0.15, 0.2) is 41.5 Å². The van der Waals surface area contributed by atoms with E-state index in [0.717, 1.165) is 12.1 Å². The Morgan fingerprint density at radius 1 is 1.30 bits per heavy atom. The second-order valence-electron chi connectivity index (χ2n) is 6.84. The van der Waals surface area contributed by atoms with Crippen molar-refractivity contribution in [3.05, 3.63) is 47.0 Å². The number of benzene rings is 2. The van der Waals surface area contributed by atoms with Crippen LogP contribution in [0.1, 0.15) is 25.8 Å². The number of hydrogen-bond acceptors (Lipinski definition) is 6. The molecule has 0 heterocycles. The normalized spacial score (nSPS) is 11.8. The van der Waals surface area contributed by atoms with Crippen LogP contribution < -0.4 is 24.5 Å². The lowest BCUT2D eigenvalue weighted by molar-refractivity contribution is -0.123. The standard InChI is InChI=1S/C22H28ClN3O4/c1-6-15(2)30-22-19(23)10-16(11-20(22)28-5)13-24-25-21(27)14-29-18-9-7-8-17(12-18)26(3)4/h7-13,15H,6,14H2,1-5H3,(H,25,27)/b24-13+/t15-/m0/s1. The van der Waals surface area contributed by atoms with Crippen LogP contribution in [0.25, 0.3) is 0 Å². The number of ether oxygens (including phenoxy) is 3. The summed E-state index contributed by atoms with van der Waals surface area (Å²) in [5.41, 5.74) is 4.08. The second-order valence-corrected chi connectivity index (χ2v) is 7.25. The Kier molecular flexibility index (Phi) is 8.80. The molecule has 2 aromatic carbocycles. The fourth-order valence-electron chi connectivity index (χ4n) is 2.42. The molecule has 30 heavy (non-hydrogen) atoms. The number of rotatable bonds is 10. The Labute approximate surface area is 182 Å². The Hall–Kier alpha value is -2.93. The maximum atomic E-state index is 12.0. The highest BCUT2D eigenvalue weighted by atomic mass is 35.5. The van der Waals surface area contributed by atoms with Gasteiger partial charge in [-0.15, -0.1) is 0 Å². The zero-order valence-corrected chi connectivity index (χ0v) is 18.7. The van der Waals surface area contributed by atoms with E-state index in [9.17, 15) is 4.79 Å². The molecular weight excluding hydrogens is 406 g/mol. The molecule has 0 radical (unpaired) electrons. The smallest absolute Gasteiger partial charge is 0.277 e. The Bertz CT molecular complexity index is 887. The number of carbonyl (C=O) groups excluding carboxylic acids is 1. The van der Waals surface area contributed by atoms with E-state index in [2.05, 4.69) is 10.5 Å². The summed E-state index contributed by atoms with van der Waals surface area (Å²) in [6.45, 7) is 3.83.